The minimum Gasteiger partial charge on any atom is -0.456 e. The van der Waals surface area contributed by atoms with E-state index in [0.29, 0.717) is 0 Å². The van der Waals surface area contributed by atoms with Crippen LogP contribution in [0.25, 0.3) is 66.1 Å². The van der Waals surface area contributed by atoms with Crippen LogP contribution in [0, 0.1) is 0 Å². The lowest BCUT2D eigenvalue weighted by molar-refractivity contribution is 0.668. The van der Waals surface area contributed by atoms with E-state index < -0.39 is 0 Å². The third kappa shape index (κ3) is 4.21. The summed E-state index contributed by atoms with van der Waals surface area (Å²) >= 11 is 0. The highest BCUT2D eigenvalue weighted by Crippen LogP contribution is 2.47. The SMILES string of the molecule is c1ccc(-c2cccc(N(c3ccccc3)c3ccc4c(c3)oc3ccccc34)c2-c2ccc3oc4ccccc4c3c2)cc1. The fourth-order valence-electron chi connectivity index (χ4n) is 6.63. The summed E-state index contributed by atoms with van der Waals surface area (Å²) in [7, 11) is 0. The topological polar surface area (TPSA) is 29.5 Å². The Morgan fingerprint density at radius 3 is 1.76 bits per heavy atom. The predicted octanol–water partition coefficient (Wildman–Crippen LogP) is 12.3. The molecule has 0 radical (unpaired) electrons. The van der Waals surface area contributed by atoms with Gasteiger partial charge in [-0.1, -0.05) is 103 Å². The Morgan fingerprint density at radius 1 is 0.356 bits per heavy atom. The lowest BCUT2D eigenvalue weighted by atomic mass is 9.91. The normalized spacial score (nSPS) is 11.6. The zero-order chi connectivity index (χ0) is 29.7. The second-order valence-electron chi connectivity index (χ2n) is 11.3. The van der Waals surface area contributed by atoms with E-state index >= 15 is 0 Å². The number of benzene rings is 7. The molecule has 0 atom stereocenters. The van der Waals surface area contributed by atoms with Crippen molar-refractivity contribution in [1.82, 2.24) is 0 Å². The van der Waals surface area contributed by atoms with Crippen LogP contribution in [-0.2, 0) is 0 Å². The molecule has 2 heterocycles. The maximum Gasteiger partial charge on any atom is 0.137 e. The molecule has 0 fully saturated rings. The second kappa shape index (κ2) is 10.3. The fraction of sp³-hybridized carbons (Fsp3) is 0. The number of nitrogens with zero attached hydrogens (tertiary/aromatic N) is 1. The number of para-hydroxylation sites is 3. The molecule has 0 amide bonds. The van der Waals surface area contributed by atoms with E-state index in [0.717, 1.165) is 83.2 Å². The first-order valence-corrected chi connectivity index (χ1v) is 15.2. The second-order valence-corrected chi connectivity index (χ2v) is 11.3. The molecular weight excluding hydrogens is 550 g/mol. The van der Waals surface area contributed by atoms with E-state index in [1.54, 1.807) is 0 Å². The van der Waals surface area contributed by atoms with E-state index in [1.165, 1.54) is 0 Å². The van der Waals surface area contributed by atoms with Gasteiger partial charge in [-0.3, -0.25) is 0 Å². The summed E-state index contributed by atoms with van der Waals surface area (Å²) < 4.78 is 12.6. The van der Waals surface area contributed by atoms with E-state index in [4.69, 9.17) is 8.83 Å². The maximum absolute atomic E-state index is 6.37. The largest absolute Gasteiger partial charge is 0.456 e. The van der Waals surface area contributed by atoms with Crippen molar-refractivity contribution in [2.24, 2.45) is 0 Å². The molecule has 0 saturated carbocycles. The van der Waals surface area contributed by atoms with Crippen molar-refractivity contribution in [2.45, 2.75) is 0 Å². The predicted molar refractivity (Wildman–Crippen MR) is 187 cm³/mol. The quantitative estimate of drug-likeness (QED) is 0.204. The highest BCUT2D eigenvalue weighted by Gasteiger charge is 2.22. The van der Waals surface area contributed by atoms with Crippen molar-refractivity contribution in [3.05, 3.63) is 164 Å². The first-order chi connectivity index (χ1) is 22.3. The van der Waals surface area contributed by atoms with E-state index in [1.807, 2.05) is 24.3 Å². The van der Waals surface area contributed by atoms with Crippen molar-refractivity contribution >= 4 is 60.9 Å². The van der Waals surface area contributed by atoms with E-state index in [9.17, 15) is 0 Å². The maximum atomic E-state index is 6.37. The standard InChI is InChI=1S/C42H27NO2/c1-3-12-28(13-4-1)32-18-11-19-37(42(32)29-22-25-40-36(26-29)34-17-8-10-21-39(34)44-40)43(30-14-5-2-6-15-30)31-23-24-35-33-16-7-9-20-38(33)45-41(35)27-31/h1-27H. The van der Waals surface area contributed by atoms with Crippen LogP contribution in [0.3, 0.4) is 0 Å². The average Bonchev–Trinajstić information content (AvgIpc) is 3.67. The molecule has 0 aliphatic carbocycles. The molecule has 45 heavy (non-hydrogen) atoms. The van der Waals surface area contributed by atoms with Gasteiger partial charge in [-0.25, -0.2) is 0 Å². The third-order valence-corrected chi connectivity index (χ3v) is 8.67. The molecule has 3 nitrogen and oxygen atoms in total. The van der Waals surface area contributed by atoms with Gasteiger partial charge in [0.05, 0.1) is 5.69 Å². The Bertz CT molecular complexity index is 2490. The van der Waals surface area contributed by atoms with Crippen molar-refractivity contribution < 1.29 is 8.83 Å². The number of hydrogen-bond acceptors (Lipinski definition) is 3. The summed E-state index contributed by atoms with van der Waals surface area (Å²) in [5.74, 6) is 0. The molecular formula is C42H27NO2. The van der Waals surface area contributed by atoms with E-state index in [2.05, 4.69) is 144 Å². The average molecular weight is 578 g/mol. The molecule has 0 aliphatic heterocycles. The van der Waals surface area contributed by atoms with Gasteiger partial charge in [0, 0.05) is 44.5 Å². The Morgan fingerprint density at radius 2 is 0.978 bits per heavy atom. The summed E-state index contributed by atoms with van der Waals surface area (Å²) in [6.45, 7) is 0. The minimum absolute atomic E-state index is 0.863. The Balaban J connectivity index is 1.34. The van der Waals surface area contributed by atoms with Crippen LogP contribution < -0.4 is 4.90 Å². The Hall–Kier alpha value is -6.06. The lowest BCUT2D eigenvalue weighted by Crippen LogP contribution is -2.11. The Labute approximate surface area is 260 Å². The molecule has 0 unspecified atom stereocenters. The van der Waals surface area contributed by atoms with Crippen LogP contribution in [0.15, 0.2) is 173 Å². The summed E-state index contributed by atoms with van der Waals surface area (Å²) in [6.07, 6.45) is 0. The van der Waals surface area contributed by atoms with Gasteiger partial charge in [0.2, 0.25) is 0 Å². The molecule has 7 aromatic carbocycles. The Kier molecular flexibility index (Phi) is 5.82. The van der Waals surface area contributed by atoms with Gasteiger partial charge in [0.1, 0.15) is 22.3 Å². The summed E-state index contributed by atoms with van der Waals surface area (Å²) in [6, 6.07) is 57.4. The van der Waals surface area contributed by atoms with Crippen LogP contribution >= 0.6 is 0 Å². The fourth-order valence-corrected chi connectivity index (χ4v) is 6.63. The molecule has 2 aromatic heterocycles. The first-order valence-electron chi connectivity index (χ1n) is 15.2. The number of furan rings is 2. The van der Waals surface area contributed by atoms with Gasteiger partial charge in [0.15, 0.2) is 0 Å². The van der Waals surface area contributed by atoms with Crippen molar-refractivity contribution in [3.8, 4) is 22.3 Å². The van der Waals surface area contributed by atoms with Gasteiger partial charge in [-0.05, 0) is 71.3 Å². The third-order valence-electron chi connectivity index (χ3n) is 8.67. The monoisotopic (exact) mass is 577 g/mol. The van der Waals surface area contributed by atoms with Crippen molar-refractivity contribution in [2.75, 3.05) is 4.90 Å². The summed E-state index contributed by atoms with van der Waals surface area (Å²) in [5.41, 5.74) is 11.3. The van der Waals surface area contributed by atoms with Crippen LogP contribution in [0.4, 0.5) is 17.1 Å². The van der Waals surface area contributed by atoms with Crippen molar-refractivity contribution in [1.29, 1.82) is 0 Å². The number of anilines is 3. The molecule has 0 spiro atoms. The van der Waals surface area contributed by atoms with Gasteiger partial charge < -0.3 is 13.7 Å². The molecule has 0 aliphatic rings. The lowest BCUT2D eigenvalue weighted by Gasteiger charge is -2.29. The van der Waals surface area contributed by atoms with E-state index in [-0.39, 0.29) is 0 Å². The summed E-state index contributed by atoms with van der Waals surface area (Å²) in [5, 5.41) is 4.45. The van der Waals surface area contributed by atoms with Gasteiger partial charge >= 0.3 is 0 Å². The highest BCUT2D eigenvalue weighted by molar-refractivity contribution is 6.09. The molecule has 212 valence electrons. The van der Waals surface area contributed by atoms with Crippen LogP contribution in [0.5, 0.6) is 0 Å². The summed E-state index contributed by atoms with van der Waals surface area (Å²) in [4.78, 5) is 2.34. The van der Waals surface area contributed by atoms with Gasteiger partial charge in [-0.2, -0.15) is 0 Å². The molecule has 0 bridgehead atoms. The van der Waals surface area contributed by atoms with Gasteiger partial charge in [-0.15, -0.1) is 0 Å². The molecule has 9 rings (SSSR count). The highest BCUT2D eigenvalue weighted by atomic mass is 16.3. The molecule has 3 heteroatoms. The number of hydrogen-bond donors (Lipinski definition) is 0. The number of rotatable bonds is 5. The first kappa shape index (κ1) is 25.4. The molecule has 0 saturated heterocycles. The number of fused-ring (bicyclic) bond motifs is 6. The zero-order valence-electron chi connectivity index (χ0n) is 24.4. The van der Waals surface area contributed by atoms with Crippen LogP contribution in [0.2, 0.25) is 0 Å². The minimum atomic E-state index is 0.863. The van der Waals surface area contributed by atoms with Crippen LogP contribution in [-0.4, -0.2) is 0 Å². The molecule has 0 N–H and O–H groups in total. The zero-order valence-corrected chi connectivity index (χ0v) is 24.4. The molecule has 9 aromatic rings. The van der Waals surface area contributed by atoms with Crippen molar-refractivity contribution in [3.63, 3.8) is 0 Å². The smallest absolute Gasteiger partial charge is 0.137 e. The van der Waals surface area contributed by atoms with Gasteiger partial charge in [0.25, 0.3) is 0 Å². The van der Waals surface area contributed by atoms with Crippen LogP contribution in [0.1, 0.15) is 0 Å².